The normalized spacial score (nSPS) is 38.2. The van der Waals surface area contributed by atoms with Crippen LogP contribution < -0.4 is 0 Å². The molecule has 3 saturated heterocycles. The summed E-state index contributed by atoms with van der Waals surface area (Å²) in [5, 5.41) is 0. The lowest BCUT2D eigenvalue weighted by molar-refractivity contribution is -0.488. The highest BCUT2D eigenvalue weighted by atomic mass is 19.2. The average Bonchev–Trinajstić information content (AvgIpc) is 2.88. The molecule has 0 aromatic heterocycles. The van der Waals surface area contributed by atoms with Gasteiger partial charge in [0.1, 0.15) is 0 Å². The van der Waals surface area contributed by atoms with Gasteiger partial charge in [-0.2, -0.15) is 0 Å². The topological polar surface area (TPSA) is 27.7 Å². The quantitative estimate of drug-likeness (QED) is 0.299. The third-order valence-corrected chi connectivity index (χ3v) is 9.24. The molecule has 0 spiro atoms. The number of unbranched alkanes of at least 4 members (excludes halogenated alkanes) is 2. The summed E-state index contributed by atoms with van der Waals surface area (Å²) in [5.41, 5.74) is 0.646. The fourth-order valence-corrected chi connectivity index (χ4v) is 7.01. The lowest BCUT2D eigenvalue weighted by Gasteiger charge is -2.55. The van der Waals surface area contributed by atoms with E-state index in [1.54, 1.807) is 0 Å². The Bertz CT molecular complexity index is 796. The summed E-state index contributed by atoms with van der Waals surface area (Å²) >= 11 is 0. The van der Waals surface area contributed by atoms with Gasteiger partial charge in [0.25, 0.3) is 5.97 Å². The summed E-state index contributed by atoms with van der Waals surface area (Å²) in [5.74, 6) is -2.62. The molecular formula is C28H39F3O3. The molecule has 1 aromatic rings. The molecule has 6 heteroatoms. The molecule has 2 saturated carbocycles. The number of rotatable bonds is 7. The van der Waals surface area contributed by atoms with E-state index in [2.05, 4.69) is 6.92 Å². The SMILES string of the molecule is CCCCCC12COC(C3CCC(C4CCC(c5cc(F)c(F)c(F)c5)CC4)CC3)(OC1)OC2. The highest BCUT2D eigenvalue weighted by Gasteiger charge is 2.56. The van der Waals surface area contributed by atoms with Crippen molar-refractivity contribution in [3.63, 3.8) is 0 Å². The maximum absolute atomic E-state index is 13.7. The molecule has 34 heavy (non-hydrogen) atoms. The van der Waals surface area contributed by atoms with Crippen LogP contribution in [0, 0.1) is 40.6 Å². The summed E-state index contributed by atoms with van der Waals surface area (Å²) in [6.45, 7) is 4.49. The van der Waals surface area contributed by atoms with Crippen LogP contribution in [0.2, 0.25) is 0 Å². The van der Waals surface area contributed by atoms with Crippen molar-refractivity contribution in [3.8, 4) is 0 Å². The zero-order valence-electron chi connectivity index (χ0n) is 20.4. The van der Waals surface area contributed by atoms with Gasteiger partial charge >= 0.3 is 0 Å². The van der Waals surface area contributed by atoms with Gasteiger partial charge in [0.15, 0.2) is 17.5 Å². The van der Waals surface area contributed by atoms with Crippen LogP contribution in [0.1, 0.15) is 95.5 Å². The minimum Gasteiger partial charge on any atom is -0.326 e. The minimum absolute atomic E-state index is 0.0448. The third kappa shape index (κ3) is 4.79. The predicted molar refractivity (Wildman–Crippen MR) is 124 cm³/mol. The first-order valence-corrected chi connectivity index (χ1v) is 13.5. The highest BCUT2D eigenvalue weighted by molar-refractivity contribution is 5.23. The van der Waals surface area contributed by atoms with E-state index in [1.165, 1.54) is 31.4 Å². The second-order valence-electron chi connectivity index (χ2n) is 11.4. The molecule has 5 fully saturated rings. The van der Waals surface area contributed by atoms with Crippen LogP contribution in [-0.4, -0.2) is 25.8 Å². The first-order chi connectivity index (χ1) is 16.4. The Morgan fingerprint density at radius 3 is 1.82 bits per heavy atom. The molecule has 3 heterocycles. The Kier molecular flexibility index (Phi) is 7.30. The summed E-state index contributed by atoms with van der Waals surface area (Å²) in [7, 11) is 0. The zero-order valence-corrected chi connectivity index (χ0v) is 20.4. The number of hydrogen-bond acceptors (Lipinski definition) is 3. The van der Waals surface area contributed by atoms with Gasteiger partial charge in [-0.1, -0.05) is 26.2 Å². The van der Waals surface area contributed by atoms with E-state index in [9.17, 15) is 13.2 Å². The molecule has 6 rings (SSSR count). The molecule has 0 unspecified atom stereocenters. The van der Waals surface area contributed by atoms with Gasteiger partial charge in [-0.3, -0.25) is 0 Å². The number of hydrogen-bond donors (Lipinski definition) is 0. The Balaban J connectivity index is 1.10. The molecule has 0 radical (unpaired) electrons. The molecule has 190 valence electrons. The van der Waals surface area contributed by atoms with Gasteiger partial charge in [0.05, 0.1) is 19.8 Å². The minimum atomic E-state index is -1.37. The van der Waals surface area contributed by atoms with Crippen molar-refractivity contribution >= 4 is 0 Å². The van der Waals surface area contributed by atoms with E-state index in [0.717, 1.165) is 77.6 Å². The second-order valence-corrected chi connectivity index (χ2v) is 11.4. The van der Waals surface area contributed by atoms with E-state index < -0.39 is 23.4 Å². The summed E-state index contributed by atoms with van der Waals surface area (Å²) < 4.78 is 59.5. The van der Waals surface area contributed by atoms with Crippen molar-refractivity contribution in [1.29, 1.82) is 0 Å². The van der Waals surface area contributed by atoms with Crippen molar-refractivity contribution in [2.24, 2.45) is 23.2 Å². The smallest absolute Gasteiger partial charge is 0.285 e. The van der Waals surface area contributed by atoms with Gasteiger partial charge < -0.3 is 14.2 Å². The summed E-state index contributed by atoms with van der Waals surface area (Å²) in [6, 6.07) is 2.36. The van der Waals surface area contributed by atoms with Crippen molar-refractivity contribution in [2.75, 3.05) is 19.8 Å². The molecule has 2 aliphatic carbocycles. The van der Waals surface area contributed by atoms with Crippen LogP contribution in [0.15, 0.2) is 12.1 Å². The maximum Gasteiger partial charge on any atom is 0.285 e. The third-order valence-electron chi connectivity index (χ3n) is 9.24. The lowest BCUT2D eigenvalue weighted by Crippen LogP contribution is -2.63. The first-order valence-electron chi connectivity index (χ1n) is 13.5. The van der Waals surface area contributed by atoms with Crippen molar-refractivity contribution < 1.29 is 27.4 Å². The van der Waals surface area contributed by atoms with Crippen LogP contribution in [0.4, 0.5) is 13.2 Å². The largest absolute Gasteiger partial charge is 0.326 e. The standard InChI is InChI=1S/C28H39F3O3/c1-2-3-4-13-27-16-32-28(33-17-27,34-18-27)23-11-9-20(10-12-23)19-5-7-21(8-6-19)22-14-24(29)26(31)25(30)15-22/h14-15,19-21,23H,2-13,16-18H2,1H3. The van der Waals surface area contributed by atoms with Crippen molar-refractivity contribution in [2.45, 2.75) is 95.9 Å². The Hall–Kier alpha value is -1.11. The monoisotopic (exact) mass is 480 g/mol. The van der Waals surface area contributed by atoms with Crippen LogP contribution >= 0.6 is 0 Å². The summed E-state index contributed by atoms with van der Waals surface area (Å²) in [6.07, 6.45) is 13.2. The molecule has 5 aliphatic rings. The average molecular weight is 481 g/mol. The van der Waals surface area contributed by atoms with Gasteiger partial charge in [-0.15, -0.1) is 0 Å². The zero-order chi connectivity index (χ0) is 23.8. The summed E-state index contributed by atoms with van der Waals surface area (Å²) in [4.78, 5) is 0. The van der Waals surface area contributed by atoms with Crippen LogP contribution in [0.5, 0.6) is 0 Å². The first kappa shape index (κ1) is 24.6. The van der Waals surface area contributed by atoms with E-state index in [1.807, 2.05) is 0 Å². The number of halogens is 3. The number of fused-ring (bicyclic) bond motifs is 3. The van der Waals surface area contributed by atoms with Gasteiger partial charge in [-0.25, -0.2) is 13.2 Å². The Morgan fingerprint density at radius 1 is 0.765 bits per heavy atom. The van der Waals surface area contributed by atoms with E-state index >= 15 is 0 Å². The Morgan fingerprint density at radius 2 is 1.29 bits per heavy atom. The van der Waals surface area contributed by atoms with Crippen LogP contribution in [0.25, 0.3) is 0 Å². The molecule has 3 aliphatic heterocycles. The molecule has 1 aromatic carbocycles. The highest BCUT2D eigenvalue weighted by Crippen LogP contribution is 2.51. The van der Waals surface area contributed by atoms with Gasteiger partial charge in [-0.05, 0) is 93.2 Å². The van der Waals surface area contributed by atoms with Gasteiger partial charge in [0, 0.05) is 11.3 Å². The molecule has 0 amide bonds. The number of benzene rings is 1. The lowest BCUT2D eigenvalue weighted by atomic mass is 9.68. The fraction of sp³-hybridized carbons (Fsp3) is 0.786. The van der Waals surface area contributed by atoms with Crippen LogP contribution in [0.3, 0.4) is 0 Å². The molecular weight excluding hydrogens is 441 g/mol. The molecule has 0 atom stereocenters. The van der Waals surface area contributed by atoms with E-state index in [-0.39, 0.29) is 11.3 Å². The van der Waals surface area contributed by atoms with Crippen molar-refractivity contribution in [3.05, 3.63) is 35.1 Å². The molecule has 3 nitrogen and oxygen atoms in total. The fourth-order valence-electron chi connectivity index (χ4n) is 7.01. The predicted octanol–water partition coefficient (Wildman–Crippen LogP) is 7.48. The molecule has 2 bridgehead atoms. The maximum atomic E-state index is 13.7. The van der Waals surface area contributed by atoms with E-state index in [4.69, 9.17) is 14.2 Å². The molecule has 0 N–H and O–H groups in total. The number of ether oxygens (including phenoxy) is 3. The van der Waals surface area contributed by atoms with Crippen molar-refractivity contribution in [1.82, 2.24) is 0 Å². The van der Waals surface area contributed by atoms with Gasteiger partial charge in [0.2, 0.25) is 0 Å². The van der Waals surface area contributed by atoms with Crippen LogP contribution in [-0.2, 0) is 14.2 Å². The second kappa shape index (κ2) is 10.1. The Labute approximate surface area is 201 Å². The van der Waals surface area contributed by atoms with E-state index in [0.29, 0.717) is 23.3 Å².